The van der Waals surface area contributed by atoms with E-state index in [0.29, 0.717) is 5.56 Å². The number of anilines is 1. The Kier molecular flexibility index (Phi) is 4.39. The standard InChI is InChI=1S/C13H23NO2Si2/c1-17(2,3)14-12-10-8-7-9-11(12)13(15)16-18(4,5)6/h7-10,14H,1-6H3. The van der Waals surface area contributed by atoms with Crippen LogP contribution in [0.1, 0.15) is 10.4 Å². The molecule has 0 saturated carbocycles. The van der Waals surface area contributed by atoms with Gasteiger partial charge >= 0.3 is 5.97 Å². The van der Waals surface area contributed by atoms with Crippen molar-refractivity contribution in [3.05, 3.63) is 29.8 Å². The van der Waals surface area contributed by atoms with Gasteiger partial charge in [-0.15, -0.1) is 0 Å². The lowest BCUT2D eigenvalue weighted by Gasteiger charge is -2.23. The zero-order chi connectivity index (χ0) is 14.0. The third kappa shape index (κ3) is 5.06. The summed E-state index contributed by atoms with van der Waals surface area (Å²) in [4.78, 5) is 15.6. The molecule has 1 aromatic rings. The van der Waals surface area contributed by atoms with Crippen LogP contribution in [0.2, 0.25) is 39.3 Å². The fourth-order valence-corrected chi connectivity index (χ4v) is 3.20. The zero-order valence-electron chi connectivity index (χ0n) is 12.1. The molecular weight excluding hydrogens is 258 g/mol. The first-order chi connectivity index (χ1) is 8.08. The van der Waals surface area contributed by atoms with E-state index in [-0.39, 0.29) is 5.97 Å². The Morgan fingerprint density at radius 3 is 2.11 bits per heavy atom. The van der Waals surface area contributed by atoms with E-state index in [1.807, 2.05) is 43.9 Å². The van der Waals surface area contributed by atoms with E-state index in [1.54, 1.807) is 0 Å². The van der Waals surface area contributed by atoms with Gasteiger partial charge in [-0.05, 0) is 31.8 Å². The number of para-hydroxylation sites is 1. The van der Waals surface area contributed by atoms with Gasteiger partial charge in [0.1, 0.15) is 8.24 Å². The Hall–Kier alpha value is -1.08. The highest BCUT2D eigenvalue weighted by molar-refractivity contribution is 6.79. The summed E-state index contributed by atoms with van der Waals surface area (Å²) >= 11 is 0. The van der Waals surface area contributed by atoms with Gasteiger partial charge in [-0.2, -0.15) is 0 Å². The third-order valence-corrected chi connectivity index (χ3v) is 3.87. The second-order valence-corrected chi connectivity index (χ2v) is 15.6. The summed E-state index contributed by atoms with van der Waals surface area (Å²) < 4.78 is 5.55. The lowest BCUT2D eigenvalue weighted by molar-refractivity contribution is 0.0726. The Morgan fingerprint density at radius 2 is 1.61 bits per heavy atom. The van der Waals surface area contributed by atoms with E-state index >= 15 is 0 Å². The Labute approximate surface area is 112 Å². The number of benzene rings is 1. The molecule has 1 rings (SSSR count). The molecule has 1 aromatic carbocycles. The topological polar surface area (TPSA) is 38.3 Å². The van der Waals surface area contributed by atoms with Crippen LogP contribution in [0.4, 0.5) is 5.69 Å². The van der Waals surface area contributed by atoms with Crippen molar-refractivity contribution in [2.45, 2.75) is 39.3 Å². The van der Waals surface area contributed by atoms with Crippen LogP contribution in [0.15, 0.2) is 24.3 Å². The van der Waals surface area contributed by atoms with Crippen molar-refractivity contribution in [1.82, 2.24) is 0 Å². The molecule has 18 heavy (non-hydrogen) atoms. The van der Waals surface area contributed by atoms with E-state index in [4.69, 9.17) is 4.43 Å². The van der Waals surface area contributed by atoms with Crippen LogP contribution >= 0.6 is 0 Å². The fourth-order valence-electron chi connectivity index (χ4n) is 1.51. The Bertz CT molecular complexity index is 433. The molecule has 0 aliphatic heterocycles. The number of hydrogen-bond donors (Lipinski definition) is 1. The molecule has 0 aromatic heterocycles. The minimum atomic E-state index is -1.85. The molecule has 0 spiro atoms. The molecule has 0 amide bonds. The van der Waals surface area contributed by atoms with Crippen molar-refractivity contribution < 1.29 is 9.22 Å². The van der Waals surface area contributed by atoms with Gasteiger partial charge in [0, 0.05) is 5.69 Å². The summed E-state index contributed by atoms with van der Waals surface area (Å²) in [5.41, 5.74) is 1.53. The highest BCUT2D eigenvalue weighted by Gasteiger charge is 2.24. The average molecular weight is 282 g/mol. The van der Waals surface area contributed by atoms with E-state index in [9.17, 15) is 4.79 Å². The SMILES string of the molecule is C[Si](C)(C)Nc1ccccc1C(=O)O[Si](C)(C)C. The molecular formula is C13H23NO2Si2. The maximum atomic E-state index is 12.2. The number of carbonyl (C=O) groups is 1. The van der Waals surface area contributed by atoms with Crippen LogP contribution in [0.5, 0.6) is 0 Å². The van der Waals surface area contributed by atoms with E-state index < -0.39 is 16.6 Å². The molecule has 3 nitrogen and oxygen atoms in total. The number of nitrogens with one attached hydrogen (secondary N) is 1. The maximum Gasteiger partial charge on any atom is 0.326 e. The minimum absolute atomic E-state index is 0.212. The summed E-state index contributed by atoms with van der Waals surface area (Å²) in [7, 11) is -3.33. The van der Waals surface area contributed by atoms with Crippen molar-refractivity contribution in [3.8, 4) is 0 Å². The lowest BCUT2D eigenvalue weighted by atomic mass is 10.2. The quantitative estimate of drug-likeness (QED) is 0.850. The Balaban J connectivity index is 2.99. The largest absolute Gasteiger partial charge is 0.516 e. The monoisotopic (exact) mass is 281 g/mol. The van der Waals surface area contributed by atoms with Crippen LogP contribution in [0.25, 0.3) is 0 Å². The highest BCUT2D eigenvalue weighted by atomic mass is 28.4. The molecule has 0 saturated heterocycles. The van der Waals surface area contributed by atoms with Gasteiger partial charge in [-0.1, -0.05) is 31.8 Å². The summed E-state index contributed by atoms with van der Waals surface area (Å²) in [6.45, 7) is 12.6. The number of carbonyl (C=O) groups excluding carboxylic acids is 1. The first-order valence-corrected chi connectivity index (χ1v) is 13.1. The minimum Gasteiger partial charge on any atom is -0.516 e. The predicted octanol–water partition coefficient (Wildman–Crippen LogP) is 3.93. The molecule has 5 heteroatoms. The zero-order valence-corrected chi connectivity index (χ0v) is 14.1. The molecule has 0 fully saturated rings. The van der Waals surface area contributed by atoms with Crippen molar-refractivity contribution in [2.75, 3.05) is 4.98 Å². The molecule has 0 aliphatic carbocycles. The smallest absolute Gasteiger partial charge is 0.326 e. The van der Waals surface area contributed by atoms with Crippen LogP contribution in [-0.4, -0.2) is 22.5 Å². The molecule has 0 heterocycles. The second-order valence-electron chi connectivity index (χ2n) is 6.42. The van der Waals surface area contributed by atoms with Crippen molar-refractivity contribution in [2.24, 2.45) is 0 Å². The molecule has 0 aliphatic rings. The molecule has 0 unspecified atom stereocenters. The van der Waals surface area contributed by atoms with Gasteiger partial charge in [0.2, 0.25) is 8.32 Å². The fraction of sp³-hybridized carbons (Fsp3) is 0.462. The summed E-state index contributed by atoms with van der Waals surface area (Å²) in [6, 6.07) is 7.58. The van der Waals surface area contributed by atoms with Crippen molar-refractivity contribution in [3.63, 3.8) is 0 Å². The van der Waals surface area contributed by atoms with Crippen LogP contribution in [0, 0.1) is 0 Å². The number of rotatable bonds is 4. The second kappa shape index (κ2) is 5.28. The van der Waals surface area contributed by atoms with Crippen LogP contribution < -0.4 is 4.98 Å². The summed E-state index contributed by atoms with van der Waals surface area (Å²) in [5, 5.41) is 0. The van der Waals surface area contributed by atoms with E-state index in [2.05, 4.69) is 24.6 Å². The molecule has 0 atom stereocenters. The lowest BCUT2D eigenvalue weighted by Crippen LogP contribution is -2.34. The summed E-state index contributed by atoms with van der Waals surface area (Å²) in [5.74, 6) is -0.212. The normalized spacial score (nSPS) is 12.1. The van der Waals surface area contributed by atoms with E-state index in [0.717, 1.165) is 5.69 Å². The molecule has 0 bridgehead atoms. The number of hydrogen-bond acceptors (Lipinski definition) is 3. The first kappa shape index (κ1) is 15.0. The first-order valence-electron chi connectivity index (χ1n) is 6.19. The van der Waals surface area contributed by atoms with Gasteiger partial charge in [0.05, 0.1) is 5.56 Å². The molecule has 1 N–H and O–H groups in total. The van der Waals surface area contributed by atoms with Crippen LogP contribution in [-0.2, 0) is 4.43 Å². The average Bonchev–Trinajstić information content (AvgIpc) is 2.12. The molecule has 0 radical (unpaired) electrons. The van der Waals surface area contributed by atoms with Crippen molar-refractivity contribution in [1.29, 1.82) is 0 Å². The highest BCUT2D eigenvalue weighted by Crippen LogP contribution is 2.20. The van der Waals surface area contributed by atoms with Gasteiger partial charge in [-0.25, -0.2) is 4.79 Å². The van der Waals surface area contributed by atoms with Crippen LogP contribution in [0.3, 0.4) is 0 Å². The maximum absolute atomic E-state index is 12.2. The van der Waals surface area contributed by atoms with E-state index in [1.165, 1.54) is 0 Å². The summed E-state index contributed by atoms with van der Waals surface area (Å²) in [6.07, 6.45) is 0. The van der Waals surface area contributed by atoms with Gasteiger partial charge in [0.25, 0.3) is 0 Å². The van der Waals surface area contributed by atoms with Gasteiger partial charge in [-0.3, -0.25) is 0 Å². The predicted molar refractivity (Wildman–Crippen MR) is 82.2 cm³/mol. The Morgan fingerprint density at radius 1 is 1.06 bits per heavy atom. The van der Waals surface area contributed by atoms with Gasteiger partial charge < -0.3 is 9.41 Å². The molecule has 100 valence electrons. The van der Waals surface area contributed by atoms with Gasteiger partial charge in [0.15, 0.2) is 0 Å². The third-order valence-electron chi connectivity index (χ3n) is 2.06. The van der Waals surface area contributed by atoms with Crippen molar-refractivity contribution >= 4 is 28.2 Å².